The van der Waals surface area contributed by atoms with Crippen LogP contribution < -0.4 is 10.4 Å². The van der Waals surface area contributed by atoms with Crippen LogP contribution in [0.25, 0.3) is 0 Å². The number of hydrogen-bond donors (Lipinski definition) is 1. The van der Waals surface area contributed by atoms with E-state index in [4.69, 9.17) is 0 Å². The predicted octanol–water partition coefficient (Wildman–Crippen LogP) is 2.93. The molecule has 1 saturated heterocycles. The van der Waals surface area contributed by atoms with Crippen LogP contribution in [0.2, 0.25) is 0 Å². The smallest absolute Gasteiger partial charge is 0.244 e. The number of anilines is 1. The van der Waals surface area contributed by atoms with E-state index in [1.807, 2.05) is 35.3 Å². The molecule has 0 unspecified atom stereocenters. The van der Waals surface area contributed by atoms with E-state index in [9.17, 15) is 13.2 Å². The first kappa shape index (κ1) is 17.5. The lowest BCUT2D eigenvalue weighted by Gasteiger charge is -2.56. The fraction of sp³-hybridized carbons (Fsp3) is 0.667. The van der Waals surface area contributed by atoms with E-state index in [-0.39, 0.29) is 28.9 Å². The quantitative estimate of drug-likeness (QED) is 0.806. The highest BCUT2D eigenvalue weighted by atomic mass is 32.2. The summed E-state index contributed by atoms with van der Waals surface area (Å²) in [5.74, 6) is 2.56. The van der Waals surface area contributed by atoms with Crippen molar-refractivity contribution in [1.82, 2.24) is 5.43 Å². The highest BCUT2D eigenvalue weighted by Crippen LogP contribution is 2.60. The number of rotatable bonds is 4. The number of nitrogens with one attached hydrogen (secondary N) is 1. The third-order valence-electron chi connectivity index (χ3n) is 7.35. The standard InChI is InChI=1S/C21H28N2O3S/c24-20(21-11-15-8-16(12-21)10-17(9-15)13-21)22-23(18-4-2-1-3-5-18)19-6-7-27(25,26)14-19/h1-5,15-17,19H,6-14H2,(H,22,24)/t15?,16?,17?,19-,21?/m1/s1. The summed E-state index contributed by atoms with van der Waals surface area (Å²) >= 11 is 0. The average Bonchev–Trinajstić information content (AvgIpc) is 2.98. The maximum Gasteiger partial charge on any atom is 0.244 e. The van der Waals surface area contributed by atoms with Crippen molar-refractivity contribution >= 4 is 21.4 Å². The topological polar surface area (TPSA) is 66.5 Å². The molecule has 6 rings (SSSR count). The lowest BCUT2D eigenvalue weighted by molar-refractivity contribution is -0.146. The predicted molar refractivity (Wildman–Crippen MR) is 105 cm³/mol. The number of hydrogen-bond acceptors (Lipinski definition) is 4. The van der Waals surface area contributed by atoms with Crippen LogP contribution in [-0.4, -0.2) is 31.9 Å². The summed E-state index contributed by atoms with van der Waals surface area (Å²) in [6, 6.07) is 9.52. The van der Waals surface area contributed by atoms with Gasteiger partial charge in [0.1, 0.15) is 0 Å². The van der Waals surface area contributed by atoms with E-state index >= 15 is 0 Å². The minimum Gasteiger partial charge on any atom is -0.281 e. The van der Waals surface area contributed by atoms with Crippen molar-refractivity contribution in [2.24, 2.45) is 23.2 Å². The van der Waals surface area contributed by atoms with E-state index in [0.717, 1.165) is 24.9 Å². The van der Waals surface area contributed by atoms with Crippen molar-refractivity contribution in [3.63, 3.8) is 0 Å². The largest absolute Gasteiger partial charge is 0.281 e. The van der Waals surface area contributed by atoms with Gasteiger partial charge in [0.25, 0.3) is 0 Å². The van der Waals surface area contributed by atoms with Crippen LogP contribution in [0.3, 0.4) is 0 Å². The van der Waals surface area contributed by atoms with Crippen LogP contribution in [0.4, 0.5) is 5.69 Å². The summed E-state index contributed by atoms with van der Waals surface area (Å²) in [5, 5.41) is 1.85. The second kappa shape index (κ2) is 6.23. The normalized spacial score (nSPS) is 38.7. The average molecular weight is 389 g/mol. The molecule has 1 N–H and O–H groups in total. The van der Waals surface area contributed by atoms with E-state index in [2.05, 4.69) is 5.43 Å². The minimum absolute atomic E-state index is 0.114. The van der Waals surface area contributed by atoms with Gasteiger partial charge >= 0.3 is 0 Å². The van der Waals surface area contributed by atoms with E-state index in [1.54, 1.807) is 0 Å². The van der Waals surface area contributed by atoms with Crippen LogP contribution >= 0.6 is 0 Å². The minimum atomic E-state index is -3.02. The maximum absolute atomic E-state index is 13.5. The number of benzene rings is 1. The molecule has 1 aliphatic heterocycles. The summed E-state index contributed by atoms with van der Waals surface area (Å²) in [6.07, 6.45) is 7.50. The van der Waals surface area contributed by atoms with E-state index in [1.165, 1.54) is 19.3 Å². The summed E-state index contributed by atoms with van der Waals surface area (Å²) in [5.41, 5.74) is 3.84. The number of amides is 1. The van der Waals surface area contributed by atoms with Crippen LogP contribution in [0, 0.1) is 23.2 Å². The number of hydrazine groups is 1. The Morgan fingerprint density at radius 3 is 2.11 bits per heavy atom. The lowest BCUT2D eigenvalue weighted by atomic mass is 9.49. The van der Waals surface area contributed by atoms with Crippen LogP contribution in [0.15, 0.2) is 30.3 Å². The van der Waals surface area contributed by atoms with Crippen molar-refractivity contribution < 1.29 is 13.2 Å². The molecule has 4 aliphatic carbocycles. The van der Waals surface area contributed by atoms with Gasteiger partial charge in [-0.15, -0.1) is 0 Å². The maximum atomic E-state index is 13.5. The Morgan fingerprint density at radius 1 is 1.00 bits per heavy atom. The van der Waals surface area contributed by atoms with Gasteiger partial charge in [0.05, 0.1) is 28.6 Å². The Morgan fingerprint density at radius 2 is 1.59 bits per heavy atom. The third-order valence-corrected chi connectivity index (χ3v) is 9.10. The Balaban J connectivity index is 1.41. The van der Waals surface area contributed by atoms with Crippen LogP contribution in [-0.2, 0) is 14.6 Å². The zero-order valence-corrected chi connectivity index (χ0v) is 16.5. The van der Waals surface area contributed by atoms with Gasteiger partial charge in [-0.1, -0.05) is 18.2 Å². The first-order valence-corrected chi connectivity index (χ1v) is 12.1. The molecule has 1 aromatic rings. The second-order valence-electron chi connectivity index (χ2n) is 9.40. The van der Waals surface area contributed by atoms with Crippen molar-refractivity contribution in [2.75, 3.05) is 16.5 Å². The van der Waals surface area contributed by atoms with Crippen LogP contribution in [0.1, 0.15) is 44.9 Å². The molecular weight excluding hydrogens is 360 g/mol. The van der Waals surface area contributed by atoms with E-state index < -0.39 is 9.84 Å². The molecule has 0 spiro atoms. The van der Waals surface area contributed by atoms with Crippen molar-refractivity contribution in [2.45, 2.75) is 51.0 Å². The van der Waals surface area contributed by atoms with Crippen molar-refractivity contribution in [3.05, 3.63) is 30.3 Å². The molecule has 0 radical (unpaired) electrons. The monoisotopic (exact) mass is 388 g/mol. The number of sulfone groups is 1. The third kappa shape index (κ3) is 3.16. The molecule has 1 heterocycles. The molecule has 5 fully saturated rings. The number of carbonyl (C=O) groups excluding carboxylic acids is 1. The molecular formula is C21H28N2O3S. The zero-order chi connectivity index (χ0) is 18.6. The molecule has 1 aromatic carbocycles. The van der Waals surface area contributed by atoms with Gasteiger partial charge in [-0.2, -0.15) is 0 Å². The zero-order valence-electron chi connectivity index (χ0n) is 15.6. The molecule has 6 heteroatoms. The Hall–Kier alpha value is -1.56. The van der Waals surface area contributed by atoms with E-state index in [0.29, 0.717) is 24.2 Å². The van der Waals surface area contributed by atoms with Crippen molar-refractivity contribution in [3.8, 4) is 0 Å². The van der Waals surface area contributed by atoms with Gasteiger partial charge in [-0.3, -0.25) is 15.2 Å². The van der Waals surface area contributed by atoms with Crippen molar-refractivity contribution in [1.29, 1.82) is 0 Å². The first-order chi connectivity index (χ1) is 12.9. The Bertz CT molecular complexity index is 801. The number of nitrogens with zero attached hydrogens (tertiary/aromatic N) is 1. The molecule has 4 bridgehead atoms. The fourth-order valence-electron chi connectivity index (χ4n) is 6.55. The second-order valence-corrected chi connectivity index (χ2v) is 11.6. The molecule has 5 nitrogen and oxygen atoms in total. The first-order valence-electron chi connectivity index (χ1n) is 10.3. The molecule has 146 valence electrons. The summed E-state index contributed by atoms with van der Waals surface area (Å²) in [7, 11) is -3.02. The van der Waals surface area contributed by atoms with Gasteiger partial charge in [0, 0.05) is 0 Å². The van der Waals surface area contributed by atoms with Gasteiger partial charge in [0.15, 0.2) is 9.84 Å². The van der Waals surface area contributed by atoms with Gasteiger partial charge in [-0.25, -0.2) is 8.42 Å². The highest BCUT2D eigenvalue weighted by molar-refractivity contribution is 7.91. The summed E-state index contributed by atoms with van der Waals surface area (Å²) in [4.78, 5) is 13.5. The summed E-state index contributed by atoms with van der Waals surface area (Å²) in [6.45, 7) is 0. The molecule has 4 saturated carbocycles. The number of carbonyl (C=O) groups is 1. The SMILES string of the molecule is O=C(NN(c1ccccc1)[C@@H]1CCS(=O)(=O)C1)C12CC3CC(CC(C3)C1)C2. The lowest BCUT2D eigenvalue weighted by Crippen LogP contribution is -2.59. The molecule has 1 amide bonds. The molecule has 5 aliphatic rings. The molecule has 1 atom stereocenters. The fourth-order valence-corrected chi connectivity index (χ4v) is 8.25. The van der Waals surface area contributed by atoms with Gasteiger partial charge < -0.3 is 0 Å². The van der Waals surface area contributed by atoms with Gasteiger partial charge in [0.2, 0.25) is 5.91 Å². The molecule has 0 aromatic heterocycles. The highest BCUT2D eigenvalue weighted by Gasteiger charge is 2.55. The molecule has 27 heavy (non-hydrogen) atoms. The summed E-state index contributed by atoms with van der Waals surface area (Å²) < 4.78 is 24.1. The number of para-hydroxylation sites is 1. The Kier molecular flexibility index (Phi) is 4.04. The van der Waals surface area contributed by atoms with Crippen LogP contribution in [0.5, 0.6) is 0 Å². The van der Waals surface area contributed by atoms with Gasteiger partial charge in [-0.05, 0) is 74.8 Å². The Labute approximate surface area is 161 Å².